The molecule has 0 amide bonds. The third-order valence-corrected chi connectivity index (χ3v) is 2.94. The molecule has 0 spiro atoms. The van der Waals surface area contributed by atoms with Crippen LogP contribution in [0.2, 0.25) is 0 Å². The molecule has 0 aliphatic carbocycles. The van der Waals surface area contributed by atoms with Gasteiger partial charge < -0.3 is 15.0 Å². The molecule has 0 atom stereocenters. The zero-order valence-corrected chi connectivity index (χ0v) is 10.0. The maximum absolute atomic E-state index is 13.0. The van der Waals surface area contributed by atoms with Gasteiger partial charge in [-0.2, -0.15) is 13.2 Å². The smallest absolute Gasteiger partial charge is 0.388 e. The molecule has 1 aromatic rings. The molecule has 0 saturated carbocycles. The highest BCUT2D eigenvalue weighted by molar-refractivity contribution is 5.63. The van der Waals surface area contributed by atoms with E-state index in [9.17, 15) is 13.2 Å². The summed E-state index contributed by atoms with van der Waals surface area (Å²) in [4.78, 5) is 1.72. The minimum Gasteiger partial charge on any atom is -0.388 e. The maximum atomic E-state index is 13.0. The molecule has 0 bridgehead atoms. The van der Waals surface area contributed by atoms with E-state index in [0.29, 0.717) is 32.0 Å². The summed E-state index contributed by atoms with van der Waals surface area (Å²) >= 11 is 0. The van der Waals surface area contributed by atoms with Crippen molar-refractivity contribution < 1.29 is 17.9 Å². The van der Waals surface area contributed by atoms with Crippen LogP contribution in [0.15, 0.2) is 18.2 Å². The Hall–Kier alpha value is -1.43. The Labute approximate surface area is 104 Å². The second-order valence-electron chi connectivity index (χ2n) is 4.08. The molecule has 2 rings (SSSR count). The van der Waals surface area contributed by atoms with Gasteiger partial charge in [-0.05, 0) is 18.2 Å². The molecular weight excluding hydrogens is 245 g/mol. The van der Waals surface area contributed by atoms with Crippen LogP contribution in [0.3, 0.4) is 0 Å². The Kier molecular flexibility index (Phi) is 3.65. The fourth-order valence-corrected chi connectivity index (χ4v) is 1.99. The van der Waals surface area contributed by atoms with Crippen molar-refractivity contribution in [1.29, 1.82) is 0 Å². The Morgan fingerprint density at radius 2 is 1.89 bits per heavy atom. The van der Waals surface area contributed by atoms with Gasteiger partial charge in [0.05, 0.1) is 24.5 Å². The standard InChI is InChI=1S/C12H15F3N2O/c1-16-9-2-3-10(12(13,14)15)11(8-9)17-4-6-18-7-5-17/h2-3,8,16H,4-7H2,1H3. The van der Waals surface area contributed by atoms with Crippen LogP contribution in [0.5, 0.6) is 0 Å². The summed E-state index contributed by atoms with van der Waals surface area (Å²) in [5.74, 6) is 0. The second kappa shape index (κ2) is 5.06. The number of hydrogen-bond donors (Lipinski definition) is 1. The van der Waals surface area contributed by atoms with Gasteiger partial charge >= 0.3 is 6.18 Å². The lowest BCUT2D eigenvalue weighted by Crippen LogP contribution is -2.37. The van der Waals surface area contributed by atoms with Crippen LogP contribution in [-0.4, -0.2) is 33.4 Å². The van der Waals surface area contributed by atoms with Crippen LogP contribution in [0, 0.1) is 0 Å². The lowest BCUT2D eigenvalue weighted by Gasteiger charge is -2.31. The SMILES string of the molecule is CNc1ccc(C(F)(F)F)c(N2CCOCC2)c1. The van der Waals surface area contributed by atoms with E-state index >= 15 is 0 Å². The fourth-order valence-electron chi connectivity index (χ4n) is 1.99. The van der Waals surface area contributed by atoms with Crippen LogP contribution < -0.4 is 10.2 Å². The molecule has 1 saturated heterocycles. The molecule has 0 aromatic heterocycles. The number of alkyl halides is 3. The van der Waals surface area contributed by atoms with Crippen LogP contribution >= 0.6 is 0 Å². The fraction of sp³-hybridized carbons (Fsp3) is 0.500. The molecule has 0 radical (unpaired) electrons. The Balaban J connectivity index is 2.40. The van der Waals surface area contributed by atoms with Crippen molar-refractivity contribution >= 4 is 11.4 Å². The highest BCUT2D eigenvalue weighted by Gasteiger charge is 2.35. The van der Waals surface area contributed by atoms with Gasteiger partial charge in [0.1, 0.15) is 0 Å². The van der Waals surface area contributed by atoms with E-state index in [2.05, 4.69) is 5.32 Å². The minimum atomic E-state index is -4.33. The zero-order valence-electron chi connectivity index (χ0n) is 10.0. The third-order valence-electron chi connectivity index (χ3n) is 2.94. The molecule has 18 heavy (non-hydrogen) atoms. The van der Waals surface area contributed by atoms with E-state index in [4.69, 9.17) is 4.74 Å². The van der Waals surface area contributed by atoms with E-state index in [0.717, 1.165) is 6.07 Å². The molecule has 1 aliphatic rings. The Morgan fingerprint density at radius 1 is 1.22 bits per heavy atom. The van der Waals surface area contributed by atoms with Crippen LogP contribution in [0.25, 0.3) is 0 Å². The highest BCUT2D eigenvalue weighted by Crippen LogP contribution is 2.38. The first kappa shape index (κ1) is 13.0. The minimum absolute atomic E-state index is 0.220. The molecule has 100 valence electrons. The monoisotopic (exact) mass is 260 g/mol. The summed E-state index contributed by atoms with van der Waals surface area (Å²) in [6, 6.07) is 4.09. The summed E-state index contributed by atoms with van der Waals surface area (Å²) in [5, 5.41) is 2.86. The molecule has 1 fully saturated rings. The Bertz CT molecular complexity index is 414. The molecule has 1 heterocycles. The summed E-state index contributed by atoms with van der Waals surface area (Å²) in [7, 11) is 1.69. The third kappa shape index (κ3) is 2.69. The molecule has 1 N–H and O–H groups in total. The average molecular weight is 260 g/mol. The number of nitrogens with one attached hydrogen (secondary N) is 1. The average Bonchev–Trinajstić information content (AvgIpc) is 2.38. The van der Waals surface area contributed by atoms with Crippen LogP contribution in [0.1, 0.15) is 5.56 Å². The molecule has 3 nitrogen and oxygen atoms in total. The first-order chi connectivity index (χ1) is 8.52. The highest BCUT2D eigenvalue weighted by atomic mass is 19.4. The number of anilines is 2. The van der Waals surface area contributed by atoms with E-state index in [-0.39, 0.29) is 5.69 Å². The quantitative estimate of drug-likeness (QED) is 0.884. The lowest BCUT2D eigenvalue weighted by atomic mass is 10.1. The zero-order chi connectivity index (χ0) is 13.2. The number of morpholine rings is 1. The van der Waals surface area contributed by atoms with Gasteiger partial charge in [-0.3, -0.25) is 0 Å². The first-order valence-corrected chi connectivity index (χ1v) is 5.74. The van der Waals surface area contributed by atoms with Gasteiger partial charge in [0.15, 0.2) is 0 Å². The van der Waals surface area contributed by atoms with Crippen LogP contribution in [0.4, 0.5) is 24.5 Å². The Morgan fingerprint density at radius 3 is 2.44 bits per heavy atom. The number of hydrogen-bond acceptors (Lipinski definition) is 3. The van der Waals surface area contributed by atoms with Gasteiger partial charge in [-0.15, -0.1) is 0 Å². The van der Waals surface area contributed by atoms with E-state index < -0.39 is 11.7 Å². The number of nitrogens with zero attached hydrogens (tertiary/aromatic N) is 1. The second-order valence-corrected chi connectivity index (χ2v) is 4.08. The molecule has 6 heteroatoms. The predicted molar refractivity (Wildman–Crippen MR) is 64.0 cm³/mol. The van der Waals surface area contributed by atoms with Crippen molar-refractivity contribution in [2.75, 3.05) is 43.6 Å². The first-order valence-electron chi connectivity index (χ1n) is 5.74. The van der Waals surface area contributed by atoms with E-state index in [1.807, 2.05) is 0 Å². The normalized spacial score (nSPS) is 16.8. The summed E-state index contributed by atoms with van der Waals surface area (Å²) in [6.45, 7) is 1.88. The largest absolute Gasteiger partial charge is 0.418 e. The molecular formula is C12H15F3N2O. The van der Waals surface area contributed by atoms with E-state index in [1.54, 1.807) is 11.9 Å². The van der Waals surface area contributed by atoms with Gasteiger partial charge in [0.2, 0.25) is 0 Å². The van der Waals surface area contributed by atoms with Crippen molar-refractivity contribution in [1.82, 2.24) is 0 Å². The number of ether oxygens (including phenoxy) is 1. The maximum Gasteiger partial charge on any atom is 0.418 e. The van der Waals surface area contributed by atoms with Crippen molar-refractivity contribution in [3.05, 3.63) is 23.8 Å². The number of benzene rings is 1. The molecule has 1 aliphatic heterocycles. The molecule has 1 aromatic carbocycles. The predicted octanol–water partition coefficient (Wildman–Crippen LogP) is 2.58. The van der Waals surface area contributed by atoms with Crippen molar-refractivity contribution in [2.45, 2.75) is 6.18 Å². The summed E-state index contributed by atoms with van der Waals surface area (Å²) in [6.07, 6.45) is -4.33. The number of rotatable bonds is 2. The van der Waals surface area contributed by atoms with Gasteiger partial charge in [0, 0.05) is 25.8 Å². The number of halogens is 3. The van der Waals surface area contributed by atoms with Crippen LogP contribution in [-0.2, 0) is 10.9 Å². The summed E-state index contributed by atoms with van der Waals surface area (Å²) < 4.78 is 44.0. The summed E-state index contributed by atoms with van der Waals surface area (Å²) in [5.41, 5.74) is 0.297. The topological polar surface area (TPSA) is 24.5 Å². The van der Waals surface area contributed by atoms with Gasteiger partial charge in [0.25, 0.3) is 0 Å². The molecule has 0 unspecified atom stereocenters. The lowest BCUT2D eigenvalue weighted by molar-refractivity contribution is -0.137. The van der Waals surface area contributed by atoms with Gasteiger partial charge in [-0.1, -0.05) is 0 Å². The van der Waals surface area contributed by atoms with Crippen molar-refractivity contribution in [3.63, 3.8) is 0 Å². The van der Waals surface area contributed by atoms with Crippen molar-refractivity contribution in [2.24, 2.45) is 0 Å². The van der Waals surface area contributed by atoms with Gasteiger partial charge in [-0.25, -0.2) is 0 Å². The van der Waals surface area contributed by atoms with Crippen molar-refractivity contribution in [3.8, 4) is 0 Å². The van der Waals surface area contributed by atoms with E-state index in [1.165, 1.54) is 12.1 Å².